The fourth-order valence-corrected chi connectivity index (χ4v) is 3.90. The highest BCUT2D eigenvalue weighted by molar-refractivity contribution is 5.92. The molecule has 104 valence electrons. The Morgan fingerprint density at radius 1 is 1.20 bits per heavy atom. The Hall–Kier alpha value is -1.54. The number of nitrogen functional groups attached to an aromatic ring is 1. The number of nitrogens with zero attached hydrogens (tertiary/aromatic N) is 1. The summed E-state index contributed by atoms with van der Waals surface area (Å²) in [5, 5.41) is 1.12. The van der Waals surface area contributed by atoms with Crippen molar-refractivity contribution in [3.05, 3.63) is 47.2 Å². The summed E-state index contributed by atoms with van der Waals surface area (Å²) in [6.07, 6.45) is 5.88. The molecule has 0 saturated heterocycles. The highest BCUT2D eigenvalue weighted by Gasteiger charge is 2.32. The molecule has 2 aliphatic carbocycles. The Labute approximate surface area is 125 Å². The number of nitrogens with two attached hydrogens (primary N) is 1. The zero-order valence-corrected chi connectivity index (χ0v) is 12.4. The van der Waals surface area contributed by atoms with Gasteiger partial charge in [-0.3, -0.25) is 4.98 Å². The lowest BCUT2D eigenvalue weighted by molar-refractivity contribution is 0.433. The minimum Gasteiger partial charge on any atom is -0.398 e. The van der Waals surface area contributed by atoms with Crippen molar-refractivity contribution in [3.8, 4) is 0 Å². The first kappa shape index (κ1) is 13.4. The van der Waals surface area contributed by atoms with Gasteiger partial charge in [0.2, 0.25) is 0 Å². The summed E-state index contributed by atoms with van der Waals surface area (Å²) in [6, 6.07) is 8.24. The van der Waals surface area contributed by atoms with Crippen LogP contribution in [0, 0.1) is 5.92 Å². The maximum atomic E-state index is 6.46. The van der Waals surface area contributed by atoms with Gasteiger partial charge in [-0.25, -0.2) is 0 Å². The minimum atomic E-state index is 0. The Morgan fingerprint density at radius 3 is 2.85 bits per heavy atom. The van der Waals surface area contributed by atoms with E-state index in [1.54, 1.807) is 0 Å². The number of rotatable bonds is 0. The molecule has 2 N–H and O–H groups in total. The molecule has 0 aliphatic heterocycles. The molecule has 1 aromatic carbocycles. The largest absolute Gasteiger partial charge is 0.398 e. The number of hydrogen-bond acceptors (Lipinski definition) is 2. The molecule has 2 aliphatic rings. The van der Waals surface area contributed by atoms with Gasteiger partial charge in [0.1, 0.15) is 0 Å². The third-order valence-electron chi connectivity index (χ3n) is 4.59. The fourth-order valence-electron chi connectivity index (χ4n) is 3.90. The number of anilines is 1. The molecule has 2 unspecified atom stereocenters. The second-order valence-corrected chi connectivity index (χ2v) is 6.02. The van der Waals surface area contributed by atoms with Crippen molar-refractivity contribution in [3.63, 3.8) is 0 Å². The van der Waals surface area contributed by atoms with Crippen molar-refractivity contribution in [1.82, 2.24) is 4.98 Å². The number of aromatic nitrogens is 1. The van der Waals surface area contributed by atoms with Crippen LogP contribution in [0.4, 0.5) is 5.69 Å². The predicted molar refractivity (Wildman–Crippen MR) is 86.3 cm³/mol. The average molecular weight is 287 g/mol. The summed E-state index contributed by atoms with van der Waals surface area (Å²) in [4.78, 5) is 4.87. The molecule has 1 aromatic heterocycles. The van der Waals surface area contributed by atoms with Gasteiger partial charge in [-0.2, -0.15) is 0 Å². The standard InChI is InChI=1S/C17H18N2.ClH/c1-10-6-11-8-12(7-10)16-15(9-11)19-14-5-3-2-4-13(14)17(16)18;/h2-6,11-12H,7-9H2,1H3,(H2,18,19);1H. The van der Waals surface area contributed by atoms with Crippen molar-refractivity contribution < 1.29 is 0 Å². The van der Waals surface area contributed by atoms with Crippen molar-refractivity contribution in [2.24, 2.45) is 5.92 Å². The zero-order valence-electron chi connectivity index (χ0n) is 11.6. The van der Waals surface area contributed by atoms with Crippen LogP contribution in [0.3, 0.4) is 0 Å². The summed E-state index contributed by atoms with van der Waals surface area (Å²) in [6.45, 7) is 2.24. The lowest BCUT2D eigenvalue weighted by Gasteiger charge is -2.35. The molecular weight excluding hydrogens is 268 g/mol. The molecule has 0 spiro atoms. The highest BCUT2D eigenvalue weighted by atomic mass is 35.5. The number of para-hydroxylation sites is 1. The minimum absolute atomic E-state index is 0. The molecule has 4 rings (SSSR count). The van der Waals surface area contributed by atoms with Crippen LogP contribution in [0.25, 0.3) is 10.9 Å². The summed E-state index contributed by atoms with van der Waals surface area (Å²) in [7, 11) is 0. The number of fused-ring (bicyclic) bond motifs is 5. The molecule has 0 saturated carbocycles. The quantitative estimate of drug-likeness (QED) is 0.736. The molecule has 20 heavy (non-hydrogen) atoms. The van der Waals surface area contributed by atoms with Crippen molar-refractivity contribution >= 4 is 29.0 Å². The van der Waals surface area contributed by atoms with Crippen LogP contribution >= 0.6 is 12.4 Å². The lowest BCUT2D eigenvalue weighted by atomic mass is 9.71. The summed E-state index contributed by atoms with van der Waals surface area (Å²) in [5.41, 5.74) is 12.6. The van der Waals surface area contributed by atoms with E-state index in [1.165, 1.54) is 23.3 Å². The maximum absolute atomic E-state index is 6.46. The van der Waals surface area contributed by atoms with E-state index in [4.69, 9.17) is 10.7 Å². The van der Waals surface area contributed by atoms with Gasteiger partial charge in [-0.1, -0.05) is 29.8 Å². The number of benzene rings is 1. The Balaban J connectivity index is 0.00000121. The number of hydrogen-bond donors (Lipinski definition) is 1. The molecule has 2 bridgehead atoms. The first-order chi connectivity index (χ1) is 9.22. The van der Waals surface area contributed by atoms with Gasteiger partial charge in [0.05, 0.1) is 5.52 Å². The van der Waals surface area contributed by atoms with Crippen LogP contribution in [-0.4, -0.2) is 4.98 Å². The summed E-state index contributed by atoms with van der Waals surface area (Å²) in [5.74, 6) is 1.25. The molecule has 0 radical (unpaired) electrons. The number of halogens is 1. The molecule has 1 heterocycles. The zero-order chi connectivity index (χ0) is 13.0. The molecule has 2 nitrogen and oxygen atoms in total. The van der Waals surface area contributed by atoms with Crippen molar-refractivity contribution in [2.45, 2.75) is 32.1 Å². The third-order valence-corrected chi connectivity index (χ3v) is 4.59. The molecule has 3 heteroatoms. The van der Waals surface area contributed by atoms with E-state index in [-0.39, 0.29) is 12.4 Å². The van der Waals surface area contributed by atoms with E-state index < -0.39 is 0 Å². The van der Waals surface area contributed by atoms with Crippen LogP contribution in [-0.2, 0) is 6.42 Å². The average Bonchev–Trinajstić information content (AvgIpc) is 2.37. The molecule has 2 atom stereocenters. The fraction of sp³-hybridized carbons (Fsp3) is 0.353. The van der Waals surface area contributed by atoms with E-state index in [0.29, 0.717) is 11.8 Å². The third kappa shape index (κ3) is 1.90. The number of pyridine rings is 1. The van der Waals surface area contributed by atoms with Crippen LogP contribution in [0.5, 0.6) is 0 Å². The number of allylic oxidation sites excluding steroid dienone is 2. The van der Waals surface area contributed by atoms with Crippen LogP contribution in [0.1, 0.15) is 36.9 Å². The van der Waals surface area contributed by atoms with Gasteiger partial charge in [0, 0.05) is 22.3 Å². The Bertz CT molecular complexity index is 705. The SMILES string of the molecule is CC1=CC2Cc3nc4ccccc4c(N)c3C(C1)C2.Cl. The Kier molecular flexibility index (Phi) is 3.21. The lowest BCUT2D eigenvalue weighted by Crippen LogP contribution is -2.24. The van der Waals surface area contributed by atoms with Crippen molar-refractivity contribution in [1.29, 1.82) is 0 Å². The van der Waals surface area contributed by atoms with E-state index in [0.717, 1.165) is 29.4 Å². The van der Waals surface area contributed by atoms with Crippen LogP contribution in [0.2, 0.25) is 0 Å². The summed E-state index contributed by atoms with van der Waals surface area (Å²) >= 11 is 0. The molecular formula is C17H19ClN2. The molecule has 0 amide bonds. The summed E-state index contributed by atoms with van der Waals surface area (Å²) < 4.78 is 0. The van der Waals surface area contributed by atoms with Gasteiger partial charge >= 0.3 is 0 Å². The first-order valence-electron chi connectivity index (χ1n) is 7.06. The highest BCUT2D eigenvalue weighted by Crippen LogP contribution is 2.46. The Morgan fingerprint density at radius 2 is 2.00 bits per heavy atom. The van der Waals surface area contributed by atoms with Crippen LogP contribution < -0.4 is 5.73 Å². The van der Waals surface area contributed by atoms with Gasteiger partial charge in [0.15, 0.2) is 0 Å². The monoisotopic (exact) mass is 286 g/mol. The van der Waals surface area contributed by atoms with E-state index in [2.05, 4.69) is 25.1 Å². The van der Waals surface area contributed by atoms with Gasteiger partial charge in [0.25, 0.3) is 0 Å². The molecule has 0 fully saturated rings. The second-order valence-electron chi connectivity index (χ2n) is 6.02. The topological polar surface area (TPSA) is 38.9 Å². The first-order valence-corrected chi connectivity index (χ1v) is 7.06. The van der Waals surface area contributed by atoms with Crippen molar-refractivity contribution in [2.75, 3.05) is 5.73 Å². The van der Waals surface area contributed by atoms with Gasteiger partial charge in [-0.15, -0.1) is 12.4 Å². The maximum Gasteiger partial charge on any atom is 0.0726 e. The van der Waals surface area contributed by atoms with Crippen LogP contribution in [0.15, 0.2) is 35.9 Å². The van der Waals surface area contributed by atoms with Gasteiger partial charge in [-0.05, 0) is 44.1 Å². The normalized spacial score (nSPS) is 23.8. The van der Waals surface area contributed by atoms with E-state index in [9.17, 15) is 0 Å². The van der Waals surface area contributed by atoms with Gasteiger partial charge < -0.3 is 5.73 Å². The predicted octanol–water partition coefficient (Wildman–Crippen LogP) is 4.23. The smallest absolute Gasteiger partial charge is 0.0726 e. The second kappa shape index (κ2) is 4.78. The van der Waals surface area contributed by atoms with E-state index in [1.807, 2.05) is 12.1 Å². The van der Waals surface area contributed by atoms with E-state index >= 15 is 0 Å². The molecule has 2 aromatic rings.